The highest BCUT2D eigenvalue weighted by molar-refractivity contribution is 6.32. The molecule has 0 amide bonds. The molecule has 2 N–H and O–H groups in total. The number of pyridine rings is 1. The van der Waals surface area contributed by atoms with Gasteiger partial charge in [-0.05, 0) is 31.0 Å². The lowest BCUT2D eigenvalue weighted by Crippen LogP contribution is -2.02. The summed E-state index contributed by atoms with van der Waals surface area (Å²) in [5.41, 5.74) is 9.31. The molecule has 2 aromatic rings. The van der Waals surface area contributed by atoms with Gasteiger partial charge in [-0.25, -0.2) is 4.98 Å². The number of anilines is 1. The predicted molar refractivity (Wildman–Crippen MR) is 73.9 cm³/mol. The van der Waals surface area contributed by atoms with E-state index in [-0.39, 0.29) is 0 Å². The van der Waals surface area contributed by atoms with Crippen LogP contribution in [0.15, 0.2) is 30.3 Å². The summed E-state index contributed by atoms with van der Waals surface area (Å²) >= 11 is 6.04. The topological polar surface area (TPSA) is 48.1 Å². The molecule has 2 rings (SSSR count). The summed E-state index contributed by atoms with van der Waals surface area (Å²) < 4.78 is 5.64. The minimum atomic E-state index is 0.423. The SMILES string of the molecule is Cc1ccccc1COc1nc(C)c(N)cc1Cl. The van der Waals surface area contributed by atoms with Crippen LogP contribution in [-0.2, 0) is 6.61 Å². The zero-order valence-corrected chi connectivity index (χ0v) is 11.2. The predicted octanol–water partition coefficient (Wildman–Crippen LogP) is 3.51. The third-order valence-corrected chi connectivity index (χ3v) is 3.07. The molecule has 4 heteroatoms. The van der Waals surface area contributed by atoms with Crippen molar-refractivity contribution in [2.45, 2.75) is 20.5 Å². The molecule has 0 radical (unpaired) electrons. The Labute approximate surface area is 112 Å². The molecule has 1 heterocycles. The van der Waals surface area contributed by atoms with E-state index in [0.29, 0.717) is 23.2 Å². The molecule has 0 fully saturated rings. The molecule has 0 aliphatic rings. The van der Waals surface area contributed by atoms with Crippen LogP contribution in [0.5, 0.6) is 5.88 Å². The molecular weight excluding hydrogens is 248 g/mol. The molecule has 1 aromatic carbocycles. The van der Waals surface area contributed by atoms with E-state index >= 15 is 0 Å². The van der Waals surface area contributed by atoms with Crippen molar-refractivity contribution in [3.63, 3.8) is 0 Å². The number of halogens is 1. The number of hydrogen-bond acceptors (Lipinski definition) is 3. The van der Waals surface area contributed by atoms with E-state index in [9.17, 15) is 0 Å². The van der Waals surface area contributed by atoms with Crippen molar-refractivity contribution in [3.05, 3.63) is 52.2 Å². The number of nitrogens with two attached hydrogens (primary N) is 1. The Morgan fingerprint density at radius 2 is 2.00 bits per heavy atom. The minimum Gasteiger partial charge on any atom is -0.472 e. The first-order chi connectivity index (χ1) is 8.58. The Bertz CT molecular complexity index is 570. The highest BCUT2D eigenvalue weighted by atomic mass is 35.5. The van der Waals surface area contributed by atoms with E-state index in [1.165, 1.54) is 5.56 Å². The fourth-order valence-electron chi connectivity index (χ4n) is 1.59. The maximum absolute atomic E-state index is 6.04. The van der Waals surface area contributed by atoms with Crippen LogP contribution < -0.4 is 10.5 Å². The number of aryl methyl sites for hydroxylation is 2. The van der Waals surface area contributed by atoms with E-state index in [0.717, 1.165) is 11.3 Å². The normalized spacial score (nSPS) is 10.4. The van der Waals surface area contributed by atoms with Crippen molar-refractivity contribution in [2.24, 2.45) is 0 Å². The van der Waals surface area contributed by atoms with Crippen molar-refractivity contribution < 1.29 is 4.74 Å². The summed E-state index contributed by atoms with van der Waals surface area (Å²) in [6, 6.07) is 9.71. The van der Waals surface area contributed by atoms with Crippen molar-refractivity contribution >= 4 is 17.3 Å². The Balaban J connectivity index is 2.16. The van der Waals surface area contributed by atoms with Crippen molar-refractivity contribution in [2.75, 3.05) is 5.73 Å². The maximum atomic E-state index is 6.04. The van der Waals surface area contributed by atoms with Gasteiger partial charge in [-0.15, -0.1) is 0 Å². The summed E-state index contributed by atoms with van der Waals surface area (Å²) in [6.45, 7) is 4.32. The number of ether oxygens (including phenoxy) is 1. The van der Waals surface area contributed by atoms with Crippen LogP contribution >= 0.6 is 11.6 Å². The fraction of sp³-hybridized carbons (Fsp3) is 0.214. The van der Waals surface area contributed by atoms with Crippen LogP contribution in [0.1, 0.15) is 16.8 Å². The standard InChI is InChI=1S/C14H15ClN2O/c1-9-5-3-4-6-11(9)8-18-14-12(15)7-13(16)10(2)17-14/h3-7H,8,16H2,1-2H3. The molecule has 0 bridgehead atoms. The van der Waals surface area contributed by atoms with Crippen molar-refractivity contribution in [1.29, 1.82) is 0 Å². The molecule has 0 saturated carbocycles. The molecular formula is C14H15ClN2O. The zero-order valence-electron chi connectivity index (χ0n) is 10.4. The van der Waals surface area contributed by atoms with E-state index in [1.807, 2.05) is 38.1 Å². The first-order valence-corrected chi connectivity index (χ1v) is 6.05. The third kappa shape index (κ3) is 2.74. The second-order valence-electron chi connectivity index (χ2n) is 4.17. The van der Waals surface area contributed by atoms with Crippen LogP contribution in [0.2, 0.25) is 5.02 Å². The molecule has 18 heavy (non-hydrogen) atoms. The van der Waals surface area contributed by atoms with Gasteiger partial charge < -0.3 is 10.5 Å². The summed E-state index contributed by atoms with van der Waals surface area (Å²) in [7, 11) is 0. The van der Waals surface area contributed by atoms with Crippen molar-refractivity contribution in [3.8, 4) is 5.88 Å². The van der Waals surface area contributed by atoms with Gasteiger partial charge in [-0.3, -0.25) is 0 Å². The smallest absolute Gasteiger partial charge is 0.233 e. The summed E-state index contributed by atoms with van der Waals surface area (Å²) in [6.07, 6.45) is 0. The number of benzene rings is 1. The first kappa shape index (κ1) is 12.7. The molecule has 0 aliphatic carbocycles. The lowest BCUT2D eigenvalue weighted by Gasteiger charge is -2.10. The van der Waals surface area contributed by atoms with Gasteiger partial charge in [0, 0.05) is 0 Å². The summed E-state index contributed by atoms with van der Waals surface area (Å²) in [5, 5.41) is 0.437. The number of rotatable bonds is 3. The number of nitrogen functional groups attached to an aromatic ring is 1. The molecule has 0 aliphatic heterocycles. The van der Waals surface area contributed by atoms with E-state index in [1.54, 1.807) is 6.07 Å². The molecule has 3 nitrogen and oxygen atoms in total. The second kappa shape index (κ2) is 5.27. The quantitative estimate of drug-likeness (QED) is 0.921. The van der Waals surface area contributed by atoms with E-state index in [4.69, 9.17) is 22.1 Å². The van der Waals surface area contributed by atoms with Gasteiger partial charge in [-0.2, -0.15) is 0 Å². The van der Waals surface area contributed by atoms with Gasteiger partial charge in [-0.1, -0.05) is 35.9 Å². The van der Waals surface area contributed by atoms with Crippen molar-refractivity contribution in [1.82, 2.24) is 4.98 Å². The van der Waals surface area contributed by atoms with Gasteiger partial charge >= 0.3 is 0 Å². The molecule has 0 unspecified atom stereocenters. The zero-order chi connectivity index (χ0) is 13.1. The lowest BCUT2D eigenvalue weighted by molar-refractivity contribution is 0.293. The van der Waals surface area contributed by atoms with Gasteiger partial charge in [0.1, 0.15) is 11.6 Å². The van der Waals surface area contributed by atoms with E-state index in [2.05, 4.69) is 4.98 Å². The van der Waals surface area contributed by atoms with Crippen LogP contribution in [0, 0.1) is 13.8 Å². The number of aromatic nitrogens is 1. The molecule has 0 spiro atoms. The molecule has 0 atom stereocenters. The lowest BCUT2D eigenvalue weighted by atomic mass is 10.1. The highest BCUT2D eigenvalue weighted by Gasteiger charge is 2.07. The molecule has 94 valence electrons. The molecule has 1 aromatic heterocycles. The minimum absolute atomic E-state index is 0.423. The van der Waals surface area contributed by atoms with Gasteiger partial charge in [0.25, 0.3) is 0 Å². The van der Waals surface area contributed by atoms with Crippen LogP contribution in [-0.4, -0.2) is 4.98 Å². The number of hydrogen-bond donors (Lipinski definition) is 1. The van der Waals surface area contributed by atoms with Crippen LogP contribution in [0.4, 0.5) is 5.69 Å². The monoisotopic (exact) mass is 262 g/mol. The fourth-order valence-corrected chi connectivity index (χ4v) is 1.81. The van der Waals surface area contributed by atoms with Crippen LogP contribution in [0.25, 0.3) is 0 Å². The Morgan fingerprint density at radius 1 is 1.28 bits per heavy atom. The van der Waals surface area contributed by atoms with Gasteiger partial charge in [0.2, 0.25) is 5.88 Å². The van der Waals surface area contributed by atoms with Crippen LogP contribution in [0.3, 0.4) is 0 Å². The van der Waals surface area contributed by atoms with Gasteiger partial charge in [0.15, 0.2) is 0 Å². The average molecular weight is 263 g/mol. The number of nitrogens with zero attached hydrogens (tertiary/aromatic N) is 1. The average Bonchev–Trinajstić information content (AvgIpc) is 2.34. The Kier molecular flexibility index (Phi) is 3.72. The van der Waals surface area contributed by atoms with Gasteiger partial charge in [0.05, 0.1) is 11.4 Å². The summed E-state index contributed by atoms with van der Waals surface area (Å²) in [4.78, 5) is 4.24. The maximum Gasteiger partial charge on any atom is 0.233 e. The second-order valence-corrected chi connectivity index (χ2v) is 4.57. The summed E-state index contributed by atoms with van der Waals surface area (Å²) in [5.74, 6) is 0.423. The Morgan fingerprint density at radius 3 is 2.72 bits per heavy atom. The first-order valence-electron chi connectivity index (χ1n) is 5.68. The molecule has 0 saturated heterocycles. The Hall–Kier alpha value is -1.74. The highest BCUT2D eigenvalue weighted by Crippen LogP contribution is 2.26. The largest absolute Gasteiger partial charge is 0.472 e. The van der Waals surface area contributed by atoms with E-state index < -0.39 is 0 Å². The third-order valence-electron chi connectivity index (χ3n) is 2.80.